The van der Waals surface area contributed by atoms with Crippen LogP contribution in [0.15, 0.2) is 82.7 Å². The van der Waals surface area contributed by atoms with E-state index in [2.05, 4.69) is 25.4 Å². The van der Waals surface area contributed by atoms with Gasteiger partial charge in [0.25, 0.3) is 11.1 Å². The van der Waals surface area contributed by atoms with Gasteiger partial charge in [-0.05, 0) is 60.7 Å². The maximum Gasteiger partial charge on any atom is 0.277 e. The summed E-state index contributed by atoms with van der Waals surface area (Å²) >= 11 is 1.16. The first-order valence-electron chi connectivity index (χ1n) is 11.6. The lowest BCUT2D eigenvalue weighted by Crippen LogP contribution is -2.48. The van der Waals surface area contributed by atoms with E-state index in [4.69, 9.17) is 4.42 Å². The van der Waals surface area contributed by atoms with Gasteiger partial charge >= 0.3 is 0 Å². The van der Waals surface area contributed by atoms with Crippen LogP contribution in [0.4, 0.5) is 15.8 Å². The topological polar surface area (TPSA) is 104 Å². The Hall–Kier alpha value is -4.25. The molecule has 1 saturated heterocycles. The zero-order chi connectivity index (χ0) is 25.6. The van der Waals surface area contributed by atoms with E-state index < -0.39 is 0 Å². The van der Waals surface area contributed by atoms with Crippen molar-refractivity contribution in [1.82, 2.24) is 20.1 Å². The van der Waals surface area contributed by atoms with Crippen LogP contribution in [0, 0.1) is 5.82 Å². The quantitative estimate of drug-likeness (QED) is 0.367. The van der Waals surface area contributed by atoms with Crippen LogP contribution in [-0.2, 0) is 4.79 Å². The van der Waals surface area contributed by atoms with E-state index in [1.807, 2.05) is 30.3 Å². The van der Waals surface area contributed by atoms with Gasteiger partial charge in [0.2, 0.25) is 11.8 Å². The van der Waals surface area contributed by atoms with Crippen LogP contribution >= 0.6 is 11.8 Å². The first kappa shape index (κ1) is 24.4. The molecule has 0 spiro atoms. The standard InChI is InChI=1S/C26H23FN6O3S/c27-20-5-3-18(4-6-20)25(35)33-14-12-32(13-15-33)22-9-7-21(8-10-22)29-23(34)17-37-26-31-30-24(36-26)19-2-1-11-28-16-19/h1-11,16H,12-15,17H2,(H,29,34). The number of carbonyl (C=O) groups is 2. The molecule has 4 aromatic rings. The van der Waals surface area contributed by atoms with Gasteiger partial charge in [-0.2, -0.15) is 0 Å². The number of anilines is 2. The summed E-state index contributed by atoms with van der Waals surface area (Å²) in [5.74, 6) is -0.161. The number of halogens is 1. The molecule has 2 amide bonds. The third-order valence-electron chi connectivity index (χ3n) is 5.82. The maximum atomic E-state index is 13.1. The molecule has 2 aromatic heterocycles. The number of rotatable bonds is 7. The summed E-state index contributed by atoms with van der Waals surface area (Å²) < 4.78 is 18.7. The molecule has 188 valence electrons. The van der Waals surface area contributed by atoms with Crippen LogP contribution in [0.2, 0.25) is 0 Å². The van der Waals surface area contributed by atoms with Crippen molar-refractivity contribution in [3.63, 3.8) is 0 Å². The summed E-state index contributed by atoms with van der Waals surface area (Å²) in [7, 11) is 0. The molecule has 0 atom stereocenters. The lowest BCUT2D eigenvalue weighted by Gasteiger charge is -2.36. The van der Waals surface area contributed by atoms with Crippen molar-refractivity contribution >= 4 is 35.0 Å². The number of thioether (sulfide) groups is 1. The van der Waals surface area contributed by atoms with Gasteiger partial charge in [-0.3, -0.25) is 14.6 Å². The first-order chi connectivity index (χ1) is 18.0. The van der Waals surface area contributed by atoms with Crippen molar-refractivity contribution in [3.05, 3.63) is 84.4 Å². The summed E-state index contributed by atoms with van der Waals surface area (Å²) in [6, 6.07) is 16.8. The molecule has 1 aliphatic rings. The van der Waals surface area contributed by atoms with Crippen LogP contribution < -0.4 is 10.2 Å². The molecule has 0 radical (unpaired) electrons. The predicted octanol–water partition coefficient (Wildman–Crippen LogP) is 3.96. The molecule has 2 aromatic carbocycles. The van der Waals surface area contributed by atoms with Gasteiger partial charge in [0, 0.05) is 55.5 Å². The van der Waals surface area contributed by atoms with Crippen LogP contribution in [0.1, 0.15) is 10.4 Å². The van der Waals surface area contributed by atoms with Crippen LogP contribution in [0.25, 0.3) is 11.5 Å². The van der Waals surface area contributed by atoms with E-state index in [1.54, 1.807) is 23.4 Å². The zero-order valence-electron chi connectivity index (χ0n) is 19.7. The minimum atomic E-state index is -0.359. The number of piperazine rings is 1. The molecule has 5 rings (SSSR count). The normalized spacial score (nSPS) is 13.4. The molecule has 1 fully saturated rings. The third kappa shape index (κ3) is 6.12. The molecule has 3 heterocycles. The Morgan fingerprint density at radius 1 is 0.973 bits per heavy atom. The molecule has 0 bridgehead atoms. The highest BCUT2D eigenvalue weighted by molar-refractivity contribution is 7.99. The Kier molecular flexibility index (Phi) is 7.41. The van der Waals surface area contributed by atoms with Crippen molar-refractivity contribution in [1.29, 1.82) is 0 Å². The van der Waals surface area contributed by atoms with Crippen molar-refractivity contribution in [2.24, 2.45) is 0 Å². The number of nitrogens with zero attached hydrogens (tertiary/aromatic N) is 5. The van der Waals surface area contributed by atoms with Crippen molar-refractivity contribution in [2.75, 3.05) is 42.1 Å². The van der Waals surface area contributed by atoms with Crippen molar-refractivity contribution in [3.8, 4) is 11.5 Å². The highest BCUT2D eigenvalue weighted by Gasteiger charge is 2.22. The average Bonchev–Trinajstić information content (AvgIpc) is 3.42. The smallest absolute Gasteiger partial charge is 0.277 e. The Morgan fingerprint density at radius 3 is 2.43 bits per heavy atom. The minimum Gasteiger partial charge on any atom is -0.411 e. The summed E-state index contributed by atoms with van der Waals surface area (Å²) in [5, 5.41) is 11.1. The number of benzene rings is 2. The summed E-state index contributed by atoms with van der Waals surface area (Å²) in [6.07, 6.45) is 3.29. The lowest BCUT2D eigenvalue weighted by atomic mass is 10.1. The second kappa shape index (κ2) is 11.2. The molecular weight excluding hydrogens is 495 g/mol. The van der Waals surface area contributed by atoms with E-state index in [0.29, 0.717) is 54.1 Å². The fraction of sp³-hybridized carbons (Fsp3) is 0.192. The number of hydrogen-bond donors (Lipinski definition) is 1. The molecule has 37 heavy (non-hydrogen) atoms. The lowest BCUT2D eigenvalue weighted by molar-refractivity contribution is -0.113. The van der Waals surface area contributed by atoms with Gasteiger partial charge in [0.1, 0.15) is 5.82 Å². The van der Waals surface area contributed by atoms with E-state index >= 15 is 0 Å². The Balaban J connectivity index is 1.08. The third-order valence-corrected chi connectivity index (χ3v) is 6.63. The van der Waals surface area contributed by atoms with Gasteiger partial charge in [-0.15, -0.1) is 10.2 Å². The van der Waals surface area contributed by atoms with E-state index in [9.17, 15) is 14.0 Å². The number of amides is 2. The van der Waals surface area contributed by atoms with E-state index in [1.165, 1.54) is 24.3 Å². The Morgan fingerprint density at radius 2 is 1.73 bits per heavy atom. The van der Waals surface area contributed by atoms with Crippen LogP contribution in [-0.4, -0.2) is 63.8 Å². The second-order valence-corrected chi connectivity index (χ2v) is 9.21. The number of pyridine rings is 1. The van der Waals surface area contributed by atoms with Gasteiger partial charge in [-0.25, -0.2) is 4.39 Å². The van der Waals surface area contributed by atoms with Crippen molar-refractivity contribution in [2.45, 2.75) is 5.22 Å². The molecule has 0 aliphatic carbocycles. The molecule has 9 nitrogen and oxygen atoms in total. The monoisotopic (exact) mass is 518 g/mol. The molecule has 11 heteroatoms. The van der Waals surface area contributed by atoms with Gasteiger partial charge in [-0.1, -0.05) is 11.8 Å². The van der Waals surface area contributed by atoms with Gasteiger partial charge in [0.15, 0.2) is 0 Å². The Bertz CT molecular complexity index is 1360. The highest BCUT2D eigenvalue weighted by Crippen LogP contribution is 2.24. The average molecular weight is 519 g/mol. The largest absolute Gasteiger partial charge is 0.411 e. The number of carbonyl (C=O) groups excluding carboxylic acids is 2. The predicted molar refractivity (Wildman–Crippen MR) is 138 cm³/mol. The second-order valence-electron chi connectivity index (χ2n) is 8.28. The number of nitrogens with one attached hydrogen (secondary N) is 1. The van der Waals surface area contributed by atoms with Gasteiger partial charge in [0.05, 0.1) is 11.3 Å². The minimum absolute atomic E-state index is 0.0931. The summed E-state index contributed by atoms with van der Waals surface area (Å²) in [5.41, 5.74) is 2.89. The van der Waals surface area contributed by atoms with E-state index in [0.717, 1.165) is 17.4 Å². The fourth-order valence-corrected chi connectivity index (χ4v) is 4.46. The molecular formula is C26H23FN6O3S. The highest BCUT2D eigenvalue weighted by atomic mass is 32.2. The molecule has 0 unspecified atom stereocenters. The first-order valence-corrected chi connectivity index (χ1v) is 12.6. The zero-order valence-corrected chi connectivity index (χ0v) is 20.5. The van der Waals surface area contributed by atoms with Crippen LogP contribution in [0.5, 0.6) is 0 Å². The number of aromatic nitrogens is 3. The van der Waals surface area contributed by atoms with Gasteiger partial charge < -0.3 is 19.5 Å². The summed E-state index contributed by atoms with van der Waals surface area (Å²) in [4.78, 5) is 33.0. The number of hydrogen-bond acceptors (Lipinski definition) is 8. The summed E-state index contributed by atoms with van der Waals surface area (Å²) in [6.45, 7) is 2.51. The fourth-order valence-electron chi connectivity index (χ4n) is 3.90. The van der Waals surface area contributed by atoms with Crippen molar-refractivity contribution < 1.29 is 18.4 Å². The van der Waals surface area contributed by atoms with E-state index in [-0.39, 0.29) is 23.4 Å². The Labute approximate surface area is 216 Å². The SMILES string of the molecule is O=C(CSc1nnc(-c2cccnc2)o1)Nc1ccc(N2CCN(C(=O)c3ccc(F)cc3)CC2)cc1. The maximum absolute atomic E-state index is 13.1. The molecule has 1 aliphatic heterocycles. The molecule has 0 saturated carbocycles. The molecule has 1 N–H and O–H groups in total. The van der Waals surface area contributed by atoms with Crippen LogP contribution in [0.3, 0.4) is 0 Å².